The lowest BCUT2D eigenvalue weighted by atomic mass is 10.1. The van der Waals surface area contributed by atoms with Crippen LogP contribution in [0.25, 0.3) is 16.7 Å². The number of para-hydroxylation sites is 1. The van der Waals surface area contributed by atoms with Crippen molar-refractivity contribution in [2.45, 2.75) is 20.8 Å². The first-order valence-electron chi connectivity index (χ1n) is 8.81. The maximum Gasteiger partial charge on any atom is 0.353 e. The fourth-order valence-corrected chi connectivity index (χ4v) is 3.20. The highest BCUT2D eigenvalue weighted by atomic mass is 16.6. The van der Waals surface area contributed by atoms with Gasteiger partial charge in [-0.25, -0.2) is 15.0 Å². The van der Waals surface area contributed by atoms with Crippen molar-refractivity contribution in [2.24, 2.45) is 0 Å². The Labute approximate surface area is 165 Å². The molecule has 0 saturated heterocycles. The maximum absolute atomic E-state index is 11.4. The Bertz CT molecular complexity index is 1260. The Morgan fingerprint density at radius 2 is 1.93 bits per heavy atom. The number of anilines is 3. The Hall–Kier alpha value is -4.08. The van der Waals surface area contributed by atoms with E-state index in [-0.39, 0.29) is 11.6 Å². The number of aromatic nitrogens is 5. The molecule has 146 valence electrons. The van der Waals surface area contributed by atoms with E-state index in [9.17, 15) is 10.1 Å². The average molecular weight is 390 g/mol. The minimum Gasteiger partial charge on any atom is -0.378 e. The van der Waals surface area contributed by atoms with Crippen molar-refractivity contribution in [3.8, 4) is 5.82 Å². The minimum absolute atomic E-state index is 0.0164. The summed E-state index contributed by atoms with van der Waals surface area (Å²) in [6.07, 6.45) is 1.17. The summed E-state index contributed by atoms with van der Waals surface area (Å²) in [4.78, 5) is 23.2. The van der Waals surface area contributed by atoms with E-state index in [2.05, 4.69) is 20.4 Å². The van der Waals surface area contributed by atoms with Crippen LogP contribution in [0.3, 0.4) is 0 Å². The molecule has 0 atom stereocenters. The van der Waals surface area contributed by atoms with E-state index in [1.807, 2.05) is 45.0 Å². The van der Waals surface area contributed by atoms with Crippen molar-refractivity contribution in [3.63, 3.8) is 0 Å². The van der Waals surface area contributed by atoms with Crippen molar-refractivity contribution in [2.75, 3.05) is 11.1 Å². The third-order valence-electron chi connectivity index (χ3n) is 4.56. The molecule has 10 heteroatoms. The third-order valence-corrected chi connectivity index (χ3v) is 4.56. The lowest BCUT2D eigenvalue weighted by Gasteiger charge is -2.12. The number of nitrogens with one attached hydrogen (secondary N) is 1. The lowest BCUT2D eigenvalue weighted by molar-refractivity contribution is -0.383. The van der Waals surface area contributed by atoms with Gasteiger partial charge in [0.25, 0.3) is 0 Å². The molecule has 0 unspecified atom stereocenters. The van der Waals surface area contributed by atoms with Crippen LogP contribution in [-0.2, 0) is 0 Å². The number of nitro groups is 1. The molecule has 1 aromatic carbocycles. The molecule has 0 saturated carbocycles. The first-order valence-corrected chi connectivity index (χ1v) is 8.81. The van der Waals surface area contributed by atoms with Gasteiger partial charge in [-0.15, -0.1) is 0 Å². The fraction of sp³-hybridized carbons (Fsp3) is 0.158. The molecule has 0 fully saturated rings. The first kappa shape index (κ1) is 18.3. The number of benzene rings is 1. The molecule has 0 bridgehead atoms. The van der Waals surface area contributed by atoms with E-state index in [4.69, 9.17) is 10.7 Å². The number of rotatable bonds is 4. The minimum atomic E-state index is -0.618. The molecule has 0 aliphatic rings. The molecule has 0 aliphatic carbocycles. The van der Waals surface area contributed by atoms with Crippen molar-refractivity contribution in [3.05, 3.63) is 63.6 Å². The SMILES string of the molecule is Cc1cc(Nc2ncnc(N)c2[N+](=O)[O-])n(-c2cc(C)c3cccc(C)c3n2)n1. The number of hydrogen-bond acceptors (Lipinski definition) is 8. The Kier molecular flexibility index (Phi) is 4.30. The summed E-state index contributed by atoms with van der Waals surface area (Å²) < 4.78 is 1.59. The molecule has 3 aromatic heterocycles. The zero-order valence-electron chi connectivity index (χ0n) is 16.0. The van der Waals surface area contributed by atoms with Crippen LogP contribution in [0, 0.1) is 30.9 Å². The van der Waals surface area contributed by atoms with Crippen molar-refractivity contribution in [1.82, 2.24) is 24.7 Å². The molecule has 0 spiro atoms. The second-order valence-corrected chi connectivity index (χ2v) is 6.69. The third kappa shape index (κ3) is 3.20. The predicted octanol–water partition coefficient (Wildman–Crippen LogP) is 3.37. The summed E-state index contributed by atoms with van der Waals surface area (Å²) in [5.41, 5.74) is 8.95. The highest BCUT2D eigenvalue weighted by molar-refractivity contribution is 5.85. The molecular weight excluding hydrogens is 372 g/mol. The van der Waals surface area contributed by atoms with E-state index in [1.54, 1.807) is 10.7 Å². The Balaban J connectivity index is 1.86. The Morgan fingerprint density at radius 1 is 1.14 bits per heavy atom. The quantitative estimate of drug-likeness (QED) is 0.399. The van der Waals surface area contributed by atoms with Crippen LogP contribution >= 0.6 is 0 Å². The number of nitrogens with two attached hydrogens (primary N) is 1. The van der Waals surface area contributed by atoms with Gasteiger partial charge in [-0.3, -0.25) is 10.1 Å². The molecule has 10 nitrogen and oxygen atoms in total. The van der Waals surface area contributed by atoms with Gasteiger partial charge in [0.05, 0.1) is 16.1 Å². The van der Waals surface area contributed by atoms with Crippen LogP contribution in [-0.4, -0.2) is 29.7 Å². The molecule has 0 amide bonds. The van der Waals surface area contributed by atoms with Gasteiger partial charge >= 0.3 is 5.69 Å². The van der Waals surface area contributed by atoms with Crippen LogP contribution in [0.2, 0.25) is 0 Å². The van der Waals surface area contributed by atoms with Crippen molar-refractivity contribution >= 4 is 34.0 Å². The molecule has 3 heterocycles. The maximum atomic E-state index is 11.4. The molecule has 3 N–H and O–H groups in total. The van der Waals surface area contributed by atoms with Crippen LogP contribution in [0.15, 0.2) is 36.7 Å². The van der Waals surface area contributed by atoms with Gasteiger partial charge in [0.2, 0.25) is 11.6 Å². The smallest absolute Gasteiger partial charge is 0.353 e. The highest BCUT2D eigenvalue weighted by Gasteiger charge is 2.23. The van der Waals surface area contributed by atoms with Crippen molar-refractivity contribution < 1.29 is 4.92 Å². The Morgan fingerprint density at radius 3 is 2.69 bits per heavy atom. The monoisotopic (exact) mass is 390 g/mol. The summed E-state index contributed by atoms with van der Waals surface area (Å²) in [5, 5.41) is 19.9. The van der Waals surface area contributed by atoms with Crippen LogP contribution in [0.5, 0.6) is 0 Å². The summed E-state index contributed by atoms with van der Waals surface area (Å²) in [5.74, 6) is 0.830. The van der Waals surface area contributed by atoms with Gasteiger partial charge < -0.3 is 11.1 Å². The summed E-state index contributed by atoms with van der Waals surface area (Å²) in [6.45, 7) is 5.83. The second-order valence-electron chi connectivity index (χ2n) is 6.69. The van der Waals surface area contributed by atoms with Crippen LogP contribution in [0.1, 0.15) is 16.8 Å². The molecule has 4 aromatic rings. The van der Waals surface area contributed by atoms with Gasteiger partial charge in [-0.2, -0.15) is 9.78 Å². The fourth-order valence-electron chi connectivity index (χ4n) is 3.20. The number of nitrogen functional groups attached to an aromatic ring is 1. The largest absolute Gasteiger partial charge is 0.378 e. The first-order chi connectivity index (χ1) is 13.8. The number of fused-ring (bicyclic) bond motifs is 1. The average Bonchev–Trinajstić information content (AvgIpc) is 3.02. The normalized spacial score (nSPS) is 11.0. The number of pyridine rings is 1. The molecule has 0 radical (unpaired) electrons. The predicted molar refractivity (Wildman–Crippen MR) is 109 cm³/mol. The van der Waals surface area contributed by atoms with Gasteiger partial charge in [-0.1, -0.05) is 18.2 Å². The van der Waals surface area contributed by atoms with Crippen LogP contribution < -0.4 is 11.1 Å². The number of hydrogen-bond donors (Lipinski definition) is 2. The number of aryl methyl sites for hydroxylation is 3. The van der Waals surface area contributed by atoms with Gasteiger partial charge in [0.15, 0.2) is 5.82 Å². The zero-order chi connectivity index (χ0) is 20.7. The second kappa shape index (κ2) is 6.82. The van der Waals surface area contributed by atoms with E-state index < -0.39 is 10.6 Å². The lowest BCUT2D eigenvalue weighted by Crippen LogP contribution is -2.09. The summed E-state index contributed by atoms with van der Waals surface area (Å²) >= 11 is 0. The van der Waals surface area contributed by atoms with Gasteiger partial charge in [0.1, 0.15) is 12.1 Å². The molecule has 0 aliphatic heterocycles. The topological polar surface area (TPSA) is 138 Å². The summed E-state index contributed by atoms with van der Waals surface area (Å²) in [7, 11) is 0. The van der Waals surface area contributed by atoms with E-state index in [1.165, 1.54) is 6.33 Å². The molecular formula is C19H18N8O2. The van der Waals surface area contributed by atoms with Gasteiger partial charge in [0, 0.05) is 11.5 Å². The summed E-state index contributed by atoms with van der Waals surface area (Å²) in [6, 6.07) is 9.69. The zero-order valence-corrected chi connectivity index (χ0v) is 16.0. The number of nitrogens with zero attached hydrogens (tertiary/aromatic N) is 6. The van der Waals surface area contributed by atoms with Crippen LogP contribution in [0.4, 0.5) is 23.1 Å². The van der Waals surface area contributed by atoms with Crippen molar-refractivity contribution in [1.29, 1.82) is 0 Å². The highest BCUT2D eigenvalue weighted by Crippen LogP contribution is 2.31. The molecule has 4 rings (SSSR count). The van der Waals surface area contributed by atoms with E-state index >= 15 is 0 Å². The van der Waals surface area contributed by atoms with Gasteiger partial charge in [-0.05, 0) is 38.0 Å². The van der Waals surface area contributed by atoms with E-state index in [0.29, 0.717) is 17.3 Å². The van der Waals surface area contributed by atoms with E-state index in [0.717, 1.165) is 22.0 Å². The standard InChI is InChI=1S/C19H18N8O2/c1-10-5-4-6-13-11(2)7-14(23-16(10)13)26-15(8-12(3)25-26)24-19-17(27(28)29)18(20)21-9-22-19/h4-9H,1-3H3,(H3,20,21,22,24). The molecule has 29 heavy (non-hydrogen) atoms.